The van der Waals surface area contributed by atoms with Gasteiger partial charge in [-0.15, -0.1) is 0 Å². The molecular formula is C43H66N6O7. The molecule has 3 aliphatic carbocycles. The fraction of sp³-hybridized carbons (Fsp3) is 0.744. The number of nitrogens with one attached hydrogen (secondary N) is 5. The Morgan fingerprint density at radius 3 is 2.02 bits per heavy atom. The molecule has 13 nitrogen and oxygen atoms in total. The molecule has 2 heterocycles. The van der Waals surface area contributed by atoms with E-state index < -0.39 is 64.9 Å². The largest absolute Gasteiger partial charge is 0.354 e. The number of Topliss-reactive ketones (excluding diaryl/α,β-unsaturated/α-hetero) is 2. The summed E-state index contributed by atoms with van der Waals surface area (Å²) in [5.74, 6) is -3.57. The summed E-state index contributed by atoms with van der Waals surface area (Å²) in [6.07, 6.45) is 12.6. The predicted molar refractivity (Wildman–Crippen MR) is 213 cm³/mol. The molecular weight excluding hydrogens is 713 g/mol. The molecule has 0 radical (unpaired) electrons. The van der Waals surface area contributed by atoms with Gasteiger partial charge in [0, 0.05) is 18.3 Å². The first kappa shape index (κ1) is 43.1. The van der Waals surface area contributed by atoms with E-state index in [2.05, 4.69) is 26.3 Å². The maximum atomic E-state index is 14.9. The fourth-order valence-corrected chi connectivity index (χ4v) is 9.37. The van der Waals surface area contributed by atoms with E-state index in [1.54, 1.807) is 18.7 Å². The van der Waals surface area contributed by atoms with E-state index in [9.17, 15) is 33.6 Å². The van der Waals surface area contributed by atoms with Gasteiger partial charge in [-0.05, 0) is 88.0 Å². The summed E-state index contributed by atoms with van der Waals surface area (Å²) in [6, 6.07) is -3.88. The van der Waals surface area contributed by atoms with Gasteiger partial charge >= 0.3 is 0 Å². The number of hydrogen-bond acceptors (Lipinski definition) is 7. The molecule has 5 amide bonds. The topological polar surface area (TPSA) is 187 Å². The zero-order chi connectivity index (χ0) is 40.9. The second kappa shape index (κ2) is 18.5. The lowest BCUT2D eigenvalue weighted by atomic mass is 9.76. The van der Waals surface area contributed by atoms with Crippen molar-refractivity contribution in [3.63, 3.8) is 0 Å². The molecule has 1 aliphatic heterocycles. The van der Waals surface area contributed by atoms with Crippen LogP contribution in [-0.2, 0) is 24.0 Å². The van der Waals surface area contributed by atoms with Crippen LogP contribution in [0.2, 0.25) is 0 Å². The third-order valence-electron chi connectivity index (χ3n) is 12.8. The monoisotopic (exact) mass is 778 g/mol. The van der Waals surface area contributed by atoms with Crippen molar-refractivity contribution < 1.29 is 33.6 Å². The third kappa shape index (κ3) is 10.1. The van der Waals surface area contributed by atoms with E-state index in [4.69, 9.17) is 0 Å². The molecule has 56 heavy (non-hydrogen) atoms. The number of H-pyrrole nitrogens is 1. The summed E-state index contributed by atoms with van der Waals surface area (Å²) in [6.45, 7) is 12.8. The molecule has 0 aromatic carbocycles. The first-order valence-electron chi connectivity index (χ1n) is 21.3. The molecule has 0 spiro atoms. The SMILES string of the molecule is CCC[C@H](NC(=O)[C@@H]1C(C2CCCCC2)CCN1C(=O)[C@@H](NC(=O)C(NC(=O)c1[nH]c(C)c(C)c1C(C)=O)C1CCCCC1)C(C)(C)C)C(=O)C(=O)NC1CC1. The molecule has 13 heteroatoms. The number of amides is 5. The van der Waals surface area contributed by atoms with Gasteiger partial charge in [-0.3, -0.25) is 33.6 Å². The molecule has 5 N–H and O–H groups in total. The predicted octanol–water partition coefficient (Wildman–Crippen LogP) is 4.97. The molecule has 4 fully saturated rings. The van der Waals surface area contributed by atoms with Crippen molar-refractivity contribution in [2.24, 2.45) is 23.2 Å². The Balaban J connectivity index is 1.41. The number of ketones is 2. The Bertz CT molecular complexity index is 1650. The van der Waals surface area contributed by atoms with Gasteiger partial charge in [0.05, 0.1) is 11.6 Å². The molecule has 1 saturated heterocycles. The maximum absolute atomic E-state index is 14.9. The molecule has 0 bridgehead atoms. The van der Waals surface area contributed by atoms with E-state index in [0.717, 1.165) is 77.0 Å². The lowest BCUT2D eigenvalue weighted by Crippen LogP contribution is -2.62. The van der Waals surface area contributed by atoms with Crippen LogP contribution in [-0.4, -0.2) is 87.7 Å². The van der Waals surface area contributed by atoms with Gasteiger partial charge in [-0.2, -0.15) is 0 Å². The van der Waals surface area contributed by atoms with Crippen molar-refractivity contribution in [3.8, 4) is 0 Å². The minimum atomic E-state index is -1.04. The van der Waals surface area contributed by atoms with Gasteiger partial charge in [0.15, 0.2) is 5.78 Å². The molecule has 1 aromatic rings. The number of aromatic amines is 1. The average molecular weight is 779 g/mol. The van der Waals surface area contributed by atoms with Crippen LogP contribution in [0.5, 0.6) is 0 Å². The highest BCUT2D eigenvalue weighted by Crippen LogP contribution is 2.40. The summed E-state index contributed by atoms with van der Waals surface area (Å²) in [5.41, 5.74) is 1.01. The highest BCUT2D eigenvalue weighted by Gasteiger charge is 2.49. The van der Waals surface area contributed by atoms with Crippen molar-refractivity contribution in [3.05, 3.63) is 22.5 Å². The average Bonchev–Trinajstić information content (AvgIpc) is 3.77. The Morgan fingerprint density at radius 1 is 0.821 bits per heavy atom. The Labute approximate surface area is 332 Å². The number of hydrogen-bond donors (Lipinski definition) is 5. The number of carbonyl (C=O) groups is 7. The summed E-state index contributed by atoms with van der Waals surface area (Å²) >= 11 is 0. The number of aromatic nitrogens is 1. The number of rotatable bonds is 15. The minimum absolute atomic E-state index is 0.00138. The van der Waals surface area contributed by atoms with Crippen LogP contribution >= 0.6 is 0 Å². The van der Waals surface area contributed by atoms with Crippen LogP contribution in [0.4, 0.5) is 0 Å². The quantitative estimate of drug-likeness (QED) is 0.123. The summed E-state index contributed by atoms with van der Waals surface area (Å²) in [5, 5.41) is 11.7. The van der Waals surface area contributed by atoms with Crippen LogP contribution in [0, 0.1) is 37.0 Å². The Hall–Kier alpha value is -4.03. The number of carbonyl (C=O) groups excluding carboxylic acids is 7. The normalized spacial score (nSPS) is 22.4. The summed E-state index contributed by atoms with van der Waals surface area (Å²) in [7, 11) is 0. The molecule has 4 aliphatic rings. The van der Waals surface area contributed by atoms with E-state index in [1.165, 1.54) is 6.92 Å². The molecule has 310 valence electrons. The third-order valence-corrected chi connectivity index (χ3v) is 12.8. The van der Waals surface area contributed by atoms with Gasteiger partial charge in [-0.1, -0.05) is 85.5 Å². The first-order chi connectivity index (χ1) is 26.5. The standard InChI is InChI=1S/C43H66N6O7/c1-8-15-31(36(51)41(55)45-29-20-21-29)46-40(54)35-30(27-16-11-9-12-17-27)22-23-49(35)42(56)37(43(5,6)7)48-38(52)33(28-18-13-10-14-19-28)47-39(53)34-32(26(4)50)24(2)25(3)44-34/h27-31,33,35,37,44H,8-23H2,1-7H3,(H,45,55)(H,46,54)(H,47,53)(H,48,52)/t30?,31-,33?,35-,37+/m0/s1. The summed E-state index contributed by atoms with van der Waals surface area (Å²) < 4.78 is 0. The Morgan fingerprint density at radius 2 is 1.45 bits per heavy atom. The first-order valence-corrected chi connectivity index (χ1v) is 21.3. The van der Waals surface area contributed by atoms with Gasteiger partial charge < -0.3 is 31.2 Å². The molecule has 1 aromatic heterocycles. The van der Waals surface area contributed by atoms with Gasteiger partial charge in [-0.25, -0.2) is 0 Å². The highest BCUT2D eigenvalue weighted by molar-refractivity contribution is 6.38. The van der Waals surface area contributed by atoms with E-state index in [1.807, 2.05) is 27.7 Å². The van der Waals surface area contributed by atoms with Crippen LogP contribution in [0.15, 0.2) is 0 Å². The van der Waals surface area contributed by atoms with Crippen molar-refractivity contribution >= 4 is 41.1 Å². The number of nitrogens with zero attached hydrogens (tertiary/aromatic N) is 1. The van der Waals surface area contributed by atoms with Crippen LogP contribution in [0.25, 0.3) is 0 Å². The number of likely N-dealkylation sites (tertiary alicyclic amines) is 1. The zero-order valence-electron chi connectivity index (χ0n) is 34.7. The minimum Gasteiger partial charge on any atom is -0.354 e. The second-order valence-electron chi connectivity index (χ2n) is 18.1. The van der Waals surface area contributed by atoms with E-state index >= 15 is 0 Å². The van der Waals surface area contributed by atoms with Crippen molar-refractivity contribution in [2.75, 3.05) is 6.54 Å². The van der Waals surface area contributed by atoms with Crippen LogP contribution in [0.1, 0.15) is 163 Å². The molecule has 5 rings (SSSR count). The van der Waals surface area contributed by atoms with Crippen LogP contribution < -0.4 is 21.3 Å². The van der Waals surface area contributed by atoms with E-state index in [0.29, 0.717) is 42.6 Å². The number of aryl methyl sites for hydroxylation is 1. The lowest BCUT2D eigenvalue weighted by molar-refractivity contribution is -0.146. The second-order valence-corrected chi connectivity index (χ2v) is 18.1. The van der Waals surface area contributed by atoms with Crippen molar-refractivity contribution in [1.29, 1.82) is 0 Å². The zero-order valence-corrected chi connectivity index (χ0v) is 34.7. The fourth-order valence-electron chi connectivity index (χ4n) is 9.37. The maximum Gasteiger partial charge on any atom is 0.289 e. The molecule has 5 atom stereocenters. The lowest BCUT2D eigenvalue weighted by Gasteiger charge is -2.39. The van der Waals surface area contributed by atoms with E-state index in [-0.39, 0.29) is 35.3 Å². The van der Waals surface area contributed by atoms with Gasteiger partial charge in [0.2, 0.25) is 23.5 Å². The van der Waals surface area contributed by atoms with Crippen molar-refractivity contribution in [2.45, 2.75) is 175 Å². The van der Waals surface area contributed by atoms with Gasteiger partial charge in [0.1, 0.15) is 23.8 Å². The van der Waals surface area contributed by atoms with Crippen LogP contribution in [0.3, 0.4) is 0 Å². The summed E-state index contributed by atoms with van der Waals surface area (Å²) in [4.78, 5) is 101. The highest BCUT2D eigenvalue weighted by atomic mass is 16.2. The van der Waals surface area contributed by atoms with Crippen molar-refractivity contribution in [1.82, 2.24) is 31.2 Å². The Kier molecular flexibility index (Phi) is 14.2. The molecule has 3 saturated carbocycles. The smallest absolute Gasteiger partial charge is 0.289 e. The molecule has 2 unspecified atom stereocenters. The van der Waals surface area contributed by atoms with Gasteiger partial charge in [0.25, 0.3) is 11.8 Å².